The zero-order valence-corrected chi connectivity index (χ0v) is 17.8. The van der Waals surface area contributed by atoms with E-state index < -0.39 is 0 Å². The molecule has 1 amide bonds. The van der Waals surface area contributed by atoms with Crippen LogP contribution in [0.15, 0.2) is 24.3 Å². The molecule has 0 unspecified atom stereocenters. The third-order valence-corrected chi connectivity index (χ3v) is 4.81. The minimum absolute atomic E-state index is 0. The van der Waals surface area contributed by atoms with E-state index in [0.29, 0.717) is 11.5 Å². The molecule has 154 valence electrons. The molecule has 2 aromatic rings. The van der Waals surface area contributed by atoms with Gasteiger partial charge in [0.15, 0.2) is 0 Å². The number of carbonyl (C=O) groups is 1. The number of nitriles is 1. The maximum atomic E-state index is 11.3. The summed E-state index contributed by atoms with van der Waals surface area (Å²) < 4.78 is 0. The lowest BCUT2D eigenvalue weighted by molar-refractivity contribution is -0.119. The molecule has 1 aromatic carbocycles. The number of nitrogens with zero attached hydrogens (tertiary/aromatic N) is 4. The fraction of sp³-hybridized carbons (Fsp3) is 0.429. The molecule has 2 heterocycles. The van der Waals surface area contributed by atoms with E-state index in [0.717, 1.165) is 55.1 Å². The van der Waals surface area contributed by atoms with Crippen molar-refractivity contribution in [3.05, 3.63) is 41.1 Å². The van der Waals surface area contributed by atoms with Crippen LogP contribution in [0.4, 0.5) is 17.5 Å². The van der Waals surface area contributed by atoms with E-state index in [4.69, 9.17) is 4.98 Å². The van der Waals surface area contributed by atoms with Crippen LogP contribution in [0.1, 0.15) is 43.5 Å². The Bertz CT molecular complexity index is 911. The molecule has 1 aliphatic rings. The summed E-state index contributed by atoms with van der Waals surface area (Å²) in [5.41, 5.74) is 3.34. The standard InChI is InChI=1S/C21H26N6O.ClH/c1-4-5-17-11-20(27-9-8-19(13-27)23-15(3)28)26-21(24-17)25-18-7-6-14(2)16(10-18)12-22;/h6-7,10-11,19H,4-5,8-9,13H2,1-3H3,(H,23,28)(H,24,25,26);1H/t19-;/m0./s1. The van der Waals surface area contributed by atoms with Crippen LogP contribution >= 0.6 is 12.4 Å². The number of benzene rings is 1. The molecular weight excluding hydrogens is 388 g/mol. The zero-order chi connectivity index (χ0) is 20.1. The molecule has 1 fully saturated rings. The summed E-state index contributed by atoms with van der Waals surface area (Å²) in [4.78, 5) is 22.8. The molecule has 1 saturated heterocycles. The van der Waals surface area contributed by atoms with E-state index in [1.165, 1.54) is 0 Å². The second kappa shape index (κ2) is 10.1. The lowest BCUT2D eigenvalue weighted by Gasteiger charge is -2.19. The third-order valence-electron chi connectivity index (χ3n) is 4.81. The van der Waals surface area contributed by atoms with Gasteiger partial charge in [-0.05, 0) is 37.5 Å². The van der Waals surface area contributed by atoms with Crippen molar-refractivity contribution in [3.63, 3.8) is 0 Å². The fourth-order valence-electron chi connectivity index (χ4n) is 3.41. The molecule has 1 aliphatic heterocycles. The Hall–Kier alpha value is -2.85. The van der Waals surface area contributed by atoms with E-state index in [1.54, 1.807) is 6.92 Å². The lowest BCUT2D eigenvalue weighted by atomic mass is 10.1. The first-order valence-electron chi connectivity index (χ1n) is 9.66. The van der Waals surface area contributed by atoms with Gasteiger partial charge in [-0.25, -0.2) is 4.98 Å². The Morgan fingerprint density at radius 2 is 2.14 bits per heavy atom. The molecule has 2 N–H and O–H groups in total. The molecule has 29 heavy (non-hydrogen) atoms. The molecule has 1 atom stereocenters. The van der Waals surface area contributed by atoms with E-state index in [1.807, 2.05) is 31.2 Å². The number of carbonyl (C=O) groups excluding carboxylic acids is 1. The van der Waals surface area contributed by atoms with Gasteiger partial charge >= 0.3 is 0 Å². The number of hydrogen-bond donors (Lipinski definition) is 2. The highest BCUT2D eigenvalue weighted by molar-refractivity contribution is 5.85. The molecule has 0 bridgehead atoms. The van der Waals surface area contributed by atoms with Crippen molar-refractivity contribution in [2.24, 2.45) is 0 Å². The van der Waals surface area contributed by atoms with Crippen LogP contribution in [0.2, 0.25) is 0 Å². The number of rotatable bonds is 6. The van der Waals surface area contributed by atoms with Crippen molar-refractivity contribution in [2.75, 3.05) is 23.3 Å². The summed E-state index contributed by atoms with van der Waals surface area (Å²) in [6.45, 7) is 7.17. The average Bonchev–Trinajstić information content (AvgIpc) is 3.11. The highest BCUT2D eigenvalue weighted by Gasteiger charge is 2.24. The van der Waals surface area contributed by atoms with Crippen LogP contribution in [-0.4, -0.2) is 35.0 Å². The monoisotopic (exact) mass is 414 g/mol. The quantitative estimate of drug-likeness (QED) is 0.751. The van der Waals surface area contributed by atoms with Crippen molar-refractivity contribution in [3.8, 4) is 6.07 Å². The predicted molar refractivity (Wildman–Crippen MR) is 117 cm³/mol. The molecule has 0 saturated carbocycles. The molecule has 0 aliphatic carbocycles. The van der Waals surface area contributed by atoms with E-state index in [9.17, 15) is 10.1 Å². The average molecular weight is 415 g/mol. The number of hydrogen-bond acceptors (Lipinski definition) is 6. The van der Waals surface area contributed by atoms with Crippen LogP contribution in [-0.2, 0) is 11.2 Å². The highest BCUT2D eigenvalue weighted by Crippen LogP contribution is 2.23. The summed E-state index contributed by atoms with van der Waals surface area (Å²) in [7, 11) is 0. The molecule has 3 rings (SSSR count). The number of aryl methyl sites for hydroxylation is 2. The lowest BCUT2D eigenvalue weighted by Crippen LogP contribution is -2.35. The Balaban J connectivity index is 0.00000300. The third kappa shape index (κ3) is 5.81. The summed E-state index contributed by atoms with van der Waals surface area (Å²) in [6.07, 6.45) is 2.76. The van der Waals surface area contributed by atoms with Gasteiger partial charge in [0.25, 0.3) is 0 Å². The van der Waals surface area contributed by atoms with Crippen LogP contribution in [0, 0.1) is 18.3 Å². The van der Waals surface area contributed by atoms with Crippen molar-refractivity contribution in [1.82, 2.24) is 15.3 Å². The van der Waals surface area contributed by atoms with E-state index in [-0.39, 0.29) is 24.4 Å². The number of nitrogens with one attached hydrogen (secondary N) is 2. The van der Waals surface area contributed by atoms with Crippen LogP contribution in [0.5, 0.6) is 0 Å². The first-order valence-corrected chi connectivity index (χ1v) is 9.66. The van der Waals surface area contributed by atoms with Gasteiger partial charge in [-0.2, -0.15) is 10.2 Å². The molecule has 0 radical (unpaired) electrons. The normalized spacial score (nSPS) is 15.4. The second-order valence-electron chi connectivity index (χ2n) is 7.19. The van der Waals surface area contributed by atoms with Crippen LogP contribution < -0.4 is 15.5 Å². The SMILES string of the molecule is CCCc1cc(N2CC[C@H](NC(C)=O)C2)nc(Nc2ccc(C)c(C#N)c2)n1.Cl. The van der Waals surface area contributed by atoms with Gasteiger partial charge in [0.1, 0.15) is 5.82 Å². The van der Waals surface area contributed by atoms with E-state index in [2.05, 4.69) is 33.5 Å². The van der Waals surface area contributed by atoms with Gasteiger partial charge in [-0.3, -0.25) is 4.79 Å². The van der Waals surface area contributed by atoms with Gasteiger partial charge in [0.05, 0.1) is 11.6 Å². The molecular formula is C21H27ClN6O. The summed E-state index contributed by atoms with van der Waals surface area (Å²) in [6, 6.07) is 10.0. The Labute approximate surface area is 178 Å². The Kier molecular flexibility index (Phi) is 7.80. The van der Waals surface area contributed by atoms with Gasteiger partial charge in [-0.1, -0.05) is 19.4 Å². The first kappa shape index (κ1) is 22.4. The van der Waals surface area contributed by atoms with Crippen LogP contribution in [0.3, 0.4) is 0 Å². The first-order chi connectivity index (χ1) is 13.5. The second-order valence-corrected chi connectivity index (χ2v) is 7.19. The number of anilines is 3. The van der Waals surface area contributed by atoms with Crippen molar-refractivity contribution < 1.29 is 4.79 Å². The zero-order valence-electron chi connectivity index (χ0n) is 17.0. The van der Waals surface area contributed by atoms with Gasteiger partial charge in [-0.15, -0.1) is 12.4 Å². The molecule has 1 aromatic heterocycles. The minimum Gasteiger partial charge on any atom is -0.354 e. The van der Waals surface area contributed by atoms with Crippen molar-refractivity contribution in [2.45, 2.75) is 46.1 Å². The van der Waals surface area contributed by atoms with Gasteiger partial charge < -0.3 is 15.5 Å². The maximum absolute atomic E-state index is 11.3. The Morgan fingerprint density at radius 3 is 2.83 bits per heavy atom. The largest absolute Gasteiger partial charge is 0.354 e. The fourth-order valence-corrected chi connectivity index (χ4v) is 3.41. The van der Waals surface area contributed by atoms with Crippen molar-refractivity contribution >= 4 is 35.8 Å². The van der Waals surface area contributed by atoms with Gasteiger partial charge in [0, 0.05) is 43.5 Å². The Morgan fingerprint density at radius 1 is 1.34 bits per heavy atom. The van der Waals surface area contributed by atoms with Crippen molar-refractivity contribution in [1.29, 1.82) is 5.26 Å². The van der Waals surface area contributed by atoms with Gasteiger partial charge in [0.2, 0.25) is 11.9 Å². The van der Waals surface area contributed by atoms with Crippen LogP contribution in [0.25, 0.3) is 0 Å². The molecule has 7 nitrogen and oxygen atoms in total. The summed E-state index contributed by atoms with van der Waals surface area (Å²) in [5.74, 6) is 1.38. The minimum atomic E-state index is -0.00349. The highest BCUT2D eigenvalue weighted by atomic mass is 35.5. The number of aromatic nitrogens is 2. The topological polar surface area (TPSA) is 93.9 Å². The van der Waals surface area contributed by atoms with E-state index >= 15 is 0 Å². The number of amides is 1. The molecule has 8 heteroatoms. The molecule has 0 spiro atoms. The maximum Gasteiger partial charge on any atom is 0.229 e. The summed E-state index contributed by atoms with van der Waals surface area (Å²) in [5, 5.41) is 15.5. The summed E-state index contributed by atoms with van der Waals surface area (Å²) >= 11 is 0. The number of halogens is 1. The smallest absolute Gasteiger partial charge is 0.229 e. The predicted octanol–water partition coefficient (Wildman–Crippen LogP) is 3.49.